The summed E-state index contributed by atoms with van der Waals surface area (Å²) in [6, 6.07) is 6.75. The highest BCUT2D eigenvalue weighted by atomic mass is 32.2. The average Bonchev–Trinajstić information content (AvgIpc) is 3.28. The second-order valence-corrected chi connectivity index (χ2v) is 7.93. The number of para-hydroxylation sites is 1. The van der Waals surface area contributed by atoms with Crippen molar-refractivity contribution in [2.24, 2.45) is 0 Å². The van der Waals surface area contributed by atoms with Crippen molar-refractivity contribution in [2.45, 2.75) is 17.5 Å². The van der Waals surface area contributed by atoms with Gasteiger partial charge in [0, 0.05) is 23.7 Å². The second-order valence-electron chi connectivity index (χ2n) is 6.15. The molecule has 6 nitrogen and oxygen atoms in total. The maximum atomic E-state index is 13.2. The smallest absolute Gasteiger partial charge is 0.313 e. The van der Waals surface area contributed by atoms with Gasteiger partial charge < -0.3 is 5.32 Å². The molecule has 2 aromatic heterocycles. The lowest BCUT2D eigenvalue weighted by Gasteiger charge is -2.13. The van der Waals surface area contributed by atoms with E-state index in [2.05, 4.69) is 10.4 Å². The van der Waals surface area contributed by atoms with Gasteiger partial charge in [0.1, 0.15) is 4.90 Å². The summed E-state index contributed by atoms with van der Waals surface area (Å²) in [4.78, 5) is -0.901. The maximum absolute atomic E-state index is 13.2. The first kappa shape index (κ1) is 17.8. The maximum Gasteiger partial charge on any atom is 0.434 e. The summed E-state index contributed by atoms with van der Waals surface area (Å²) in [5.41, 5.74) is 0.596. The molecule has 0 spiro atoms. The van der Waals surface area contributed by atoms with Crippen LogP contribution in [0.3, 0.4) is 0 Å². The van der Waals surface area contributed by atoms with E-state index in [0.717, 1.165) is 16.1 Å². The number of hydrogen-bond acceptors (Lipinski definition) is 4. The Labute approximate surface area is 152 Å². The Balaban J connectivity index is 1.95. The number of aromatic amines is 1. The Morgan fingerprint density at radius 3 is 2.67 bits per heavy atom. The van der Waals surface area contributed by atoms with E-state index in [4.69, 9.17) is 0 Å². The lowest BCUT2D eigenvalue weighted by Crippen LogP contribution is -2.20. The molecule has 3 heterocycles. The van der Waals surface area contributed by atoms with Crippen molar-refractivity contribution in [3.8, 4) is 0 Å². The Morgan fingerprint density at radius 2 is 1.96 bits per heavy atom. The van der Waals surface area contributed by atoms with E-state index in [1.165, 1.54) is 6.20 Å². The molecule has 1 aliphatic rings. The van der Waals surface area contributed by atoms with Crippen LogP contribution in [-0.2, 0) is 16.2 Å². The highest BCUT2D eigenvalue weighted by Crippen LogP contribution is 2.36. The van der Waals surface area contributed by atoms with E-state index >= 15 is 0 Å². The van der Waals surface area contributed by atoms with Gasteiger partial charge in [0.2, 0.25) is 0 Å². The topological polar surface area (TPSA) is 79.8 Å². The molecule has 0 fully saturated rings. The fourth-order valence-corrected chi connectivity index (χ4v) is 4.73. The van der Waals surface area contributed by atoms with Crippen molar-refractivity contribution in [2.75, 3.05) is 13.1 Å². The fraction of sp³-hybridized carbons (Fsp3) is 0.235. The highest BCUT2D eigenvalue weighted by molar-refractivity contribution is 7.90. The van der Waals surface area contributed by atoms with Crippen molar-refractivity contribution < 1.29 is 21.6 Å². The molecule has 10 heteroatoms. The molecule has 0 radical (unpaired) electrons. The molecular formula is C17H15F3N4O2S. The molecular weight excluding hydrogens is 381 g/mol. The van der Waals surface area contributed by atoms with Crippen LogP contribution in [0, 0.1) is 0 Å². The van der Waals surface area contributed by atoms with Crippen LogP contribution in [0.15, 0.2) is 47.6 Å². The van der Waals surface area contributed by atoms with E-state index in [1.807, 2.05) is 6.08 Å². The van der Waals surface area contributed by atoms with Crippen LogP contribution >= 0.6 is 0 Å². The van der Waals surface area contributed by atoms with E-state index in [0.29, 0.717) is 35.6 Å². The number of nitrogens with zero attached hydrogens (tertiary/aromatic N) is 2. The van der Waals surface area contributed by atoms with Crippen LogP contribution in [0.2, 0.25) is 0 Å². The molecule has 0 unspecified atom stereocenters. The number of aromatic nitrogens is 3. The number of halogens is 3. The van der Waals surface area contributed by atoms with Gasteiger partial charge in [-0.1, -0.05) is 24.3 Å². The van der Waals surface area contributed by atoms with Gasteiger partial charge in [-0.3, -0.25) is 5.10 Å². The Hall–Kier alpha value is -2.59. The zero-order valence-electron chi connectivity index (χ0n) is 13.9. The van der Waals surface area contributed by atoms with E-state index in [-0.39, 0.29) is 0 Å². The second kappa shape index (κ2) is 6.24. The van der Waals surface area contributed by atoms with Crippen LogP contribution in [0.25, 0.3) is 16.5 Å². The molecule has 2 N–H and O–H groups in total. The lowest BCUT2D eigenvalue weighted by atomic mass is 10.00. The third-order valence-electron chi connectivity index (χ3n) is 4.51. The zero-order valence-corrected chi connectivity index (χ0v) is 14.7. The average molecular weight is 396 g/mol. The molecule has 142 valence electrons. The summed E-state index contributed by atoms with van der Waals surface area (Å²) < 4.78 is 66.5. The van der Waals surface area contributed by atoms with Crippen molar-refractivity contribution in [1.29, 1.82) is 0 Å². The number of hydrogen-bond donors (Lipinski definition) is 2. The van der Waals surface area contributed by atoms with E-state index in [1.54, 1.807) is 29.4 Å². The molecule has 27 heavy (non-hydrogen) atoms. The van der Waals surface area contributed by atoms with Gasteiger partial charge in [-0.25, -0.2) is 12.4 Å². The summed E-state index contributed by atoms with van der Waals surface area (Å²) >= 11 is 0. The molecule has 0 saturated heterocycles. The normalized spacial score (nSPS) is 15.9. The molecule has 4 rings (SSSR count). The minimum Gasteiger partial charge on any atom is -0.313 e. The first-order valence-corrected chi connectivity index (χ1v) is 9.60. The highest BCUT2D eigenvalue weighted by Gasteiger charge is 2.40. The Bertz CT molecular complexity index is 1140. The predicted octanol–water partition coefficient (Wildman–Crippen LogP) is 3.00. The molecule has 0 bridgehead atoms. The van der Waals surface area contributed by atoms with Gasteiger partial charge in [0.25, 0.3) is 10.0 Å². The number of benzene rings is 1. The molecule has 1 aromatic carbocycles. The summed E-state index contributed by atoms with van der Waals surface area (Å²) in [7, 11) is -4.49. The first-order chi connectivity index (χ1) is 12.8. The van der Waals surface area contributed by atoms with Gasteiger partial charge >= 0.3 is 6.18 Å². The van der Waals surface area contributed by atoms with Crippen molar-refractivity contribution in [3.05, 3.63) is 54.0 Å². The number of fused-ring (bicyclic) bond motifs is 1. The summed E-state index contributed by atoms with van der Waals surface area (Å²) in [6.07, 6.45) is -0.113. The van der Waals surface area contributed by atoms with Crippen LogP contribution in [0.4, 0.5) is 13.2 Å². The van der Waals surface area contributed by atoms with Gasteiger partial charge in [-0.2, -0.15) is 18.3 Å². The van der Waals surface area contributed by atoms with Crippen LogP contribution in [0.1, 0.15) is 17.7 Å². The molecule has 1 aliphatic heterocycles. The largest absolute Gasteiger partial charge is 0.434 e. The van der Waals surface area contributed by atoms with Gasteiger partial charge in [0.05, 0.1) is 11.7 Å². The standard InChI is InChI=1S/C17H15F3N4O2S/c18-17(19,20)16-15(9-22-23-16)27(25,26)24-10-13(11-5-7-21-8-6-11)12-3-1-2-4-14(12)24/h1-5,9-10,21H,6-8H2,(H,22,23). The minimum atomic E-state index is -4.86. The van der Waals surface area contributed by atoms with E-state index < -0.39 is 26.8 Å². The van der Waals surface area contributed by atoms with Crippen molar-refractivity contribution >= 4 is 26.5 Å². The van der Waals surface area contributed by atoms with Crippen LogP contribution in [0.5, 0.6) is 0 Å². The molecule has 0 aliphatic carbocycles. The third kappa shape index (κ3) is 2.94. The van der Waals surface area contributed by atoms with Crippen LogP contribution in [-0.4, -0.2) is 35.7 Å². The Morgan fingerprint density at radius 1 is 1.19 bits per heavy atom. The minimum absolute atomic E-state index is 0.321. The first-order valence-electron chi connectivity index (χ1n) is 8.16. The summed E-state index contributed by atoms with van der Waals surface area (Å²) in [5, 5.41) is 8.90. The monoisotopic (exact) mass is 396 g/mol. The van der Waals surface area contributed by atoms with Crippen LogP contribution < -0.4 is 5.32 Å². The molecule has 0 atom stereocenters. The van der Waals surface area contributed by atoms with Gasteiger partial charge in [-0.15, -0.1) is 0 Å². The summed E-state index contributed by atoms with van der Waals surface area (Å²) in [5.74, 6) is 0. The van der Waals surface area contributed by atoms with Crippen molar-refractivity contribution in [3.63, 3.8) is 0 Å². The van der Waals surface area contributed by atoms with Gasteiger partial charge in [-0.05, 0) is 24.6 Å². The number of alkyl halides is 3. The molecule has 3 aromatic rings. The number of rotatable bonds is 3. The lowest BCUT2D eigenvalue weighted by molar-refractivity contribution is -0.143. The van der Waals surface area contributed by atoms with Crippen molar-refractivity contribution in [1.82, 2.24) is 19.5 Å². The predicted molar refractivity (Wildman–Crippen MR) is 93.6 cm³/mol. The number of H-pyrrole nitrogens is 1. The van der Waals surface area contributed by atoms with E-state index in [9.17, 15) is 21.6 Å². The Kier molecular flexibility index (Phi) is 4.11. The summed E-state index contributed by atoms with van der Waals surface area (Å²) in [6.45, 7) is 1.40. The SMILES string of the molecule is O=S(=O)(c1cn[nH]c1C(F)(F)F)n1cc(C2=CCNCC2)c2ccccc21. The molecule has 0 saturated carbocycles. The van der Waals surface area contributed by atoms with Gasteiger partial charge in [0.15, 0.2) is 5.69 Å². The fourth-order valence-electron chi connectivity index (χ4n) is 3.25. The zero-order chi connectivity index (χ0) is 19.2. The quantitative estimate of drug-likeness (QED) is 0.713. The third-order valence-corrected chi connectivity index (χ3v) is 6.20. The molecule has 0 amide bonds. The number of nitrogens with one attached hydrogen (secondary N) is 2.